The number of rotatable bonds is 5. The van der Waals surface area contributed by atoms with Crippen molar-refractivity contribution in [3.63, 3.8) is 0 Å². The van der Waals surface area contributed by atoms with Crippen molar-refractivity contribution in [1.29, 1.82) is 0 Å². The largest absolute Gasteiger partial charge is 0.409 e. The molecule has 6 heteroatoms. The van der Waals surface area contributed by atoms with Crippen LogP contribution >= 0.6 is 0 Å². The highest BCUT2D eigenvalue weighted by molar-refractivity contribution is 6.06. The predicted octanol–water partition coefficient (Wildman–Crippen LogP) is 0.692. The van der Waals surface area contributed by atoms with Gasteiger partial charge in [0.1, 0.15) is 5.41 Å². The van der Waals surface area contributed by atoms with Gasteiger partial charge in [0.15, 0.2) is 5.84 Å². The zero-order valence-electron chi connectivity index (χ0n) is 11.1. The van der Waals surface area contributed by atoms with Crippen LogP contribution in [0.25, 0.3) is 0 Å². The highest BCUT2D eigenvalue weighted by Crippen LogP contribution is 2.22. The number of nitrogens with one attached hydrogen (secondary N) is 1. The van der Waals surface area contributed by atoms with Crippen LogP contribution in [-0.2, 0) is 9.53 Å². The van der Waals surface area contributed by atoms with Crippen molar-refractivity contribution >= 4 is 11.7 Å². The van der Waals surface area contributed by atoms with E-state index in [4.69, 9.17) is 15.7 Å². The minimum absolute atomic E-state index is 0.0468. The second-order valence-corrected chi connectivity index (χ2v) is 4.94. The zero-order chi connectivity index (χ0) is 13.6. The van der Waals surface area contributed by atoms with Crippen molar-refractivity contribution in [1.82, 2.24) is 5.32 Å². The molecule has 0 saturated carbocycles. The third-order valence-corrected chi connectivity index (χ3v) is 3.77. The Bertz CT molecular complexity index is 314. The van der Waals surface area contributed by atoms with E-state index in [2.05, 4.69) is 10.5 Å². The van der Waals surface area contributed by atoms with Crippen LogP contribution < -0.4 is 11.1 Å². The molecule has 1 heterocycles. The maximum atomic E-state index is 12.1. The van der Waals surface area contributed by atoms with Crippen LogP contribution in [-0.4, -0.2) is 36.7 Å². The Labute approximate surface area is 108 Å². The fourth-order valence-corrected chi connectivity index (χ4v) is 1.95. The topological polar surface area (TPSA) is 96.9 Å². The third kappa shape index (κ3) is 3.35. The molecule has 0 aliphatic carbocycles. The van der Waals surface area contributed by atoms with E-state index in [0.29, 0.717) is 18.9 Å². The van der Waals surface area contributed by atoms with Crippen molar-refractivity contribution in [2.75, 3.05) is 19.8 Å². The van der Waals surface area contributed by atoms with Gasteiger partial charge in [-0.2, -0.15) is 0 Å². The molecule has 0 bridgehead atoms. The van der Waals surface area contributed by atoms with Gasteiger partial charge in [0.25, 0.3) is 0 Å². The Morgan fingerprint density at radius 3 is 2.67 bits per heavy atom. The highest BCUT2D eigenvalue weighted by Gasteiger charge is 2.36. The van der Waals surface area contributed by atoms with Crippen molar-refractivity contribution in [2.24, 2.45) is 22.2 Å². The Morgan fingerprint density at radius 2 is 2.17 bits per heavy atom. The number of carbonyl (C=O) groups excluding carboxylic acids is 1. The highest BCUT2D eigenvalue weighted by atomic mass is 16.5. The molecule has 0 aromatic heterocycles. The summed E-state index contributed by atoms with van der Waals surface area (Å²) in [7, 11) is 0. The number of nitrogens with zero attached hydrogens (tertiary/aromatic N) is 1. The molecule has 0 radical (unpaired) electrons. The summed E-state index contributed by atoms with van der Waals surface area (Å²) < 4.78 is 5.27. The Morgan fingerprint density at radius 1 is 1.56 bits per heavy atom. The van der Waals surface area contributed by atoms with Crippen LogP contribution in [0.2, 0.25) is 0 Å². The van der Waals surface area contributed by atoms with Gasteiger partial charge in [0.2, 0.25) is 5.91 Å². The molecule has 18 heavy (non-hydrogen) atoms. The molecule has 1 amide bonds. The molecular weight excluding hydrogens is 234 g/mol. The van der Waals surface area contributed by atoms with Crippen LogP contribution in [0.1, 0.15) is 33.1 Å². The maximum Gasteiger partial charge on any atom is 0.233 e. The number of hydrogen-bond donors (Lipinski definition) is 3. The molecule has 104 valence electrons. The van der Waals surface area contributed by atoms with E-state index in [1.165, 1.54) is 0 Å². The first-order valence-corrected chi connectivity index (χ1v) is 6.38. The van der Waals surface area contributed by atoms with Crippen molar-refractivity contribution in [3.8, 4) is 0 Å². The number of ether oxygens (including phenoxy) is 1. The molecule has 1 aliphatic heterocycles. The van der Waals surface area contributed by atoms with Gasteiger partial charge >= 0.3 is 0 Å². The minimum atomic E-state index is -0.945. The molecule has 1 saturated heterocycles. The number of oxime groups is 1. The van der Waals surface area contributed by atoms with Gasteiger partial charge in [-0.3, -0.25) is 4.79 Å². The van der Waals surface area contributed by atoms with Crippen LogP contribution in [0.3, 0.4) is 0 Å². The molecule has 1 fully saturated rings. The maximum absolute atomic E-state index is 12.1. The number of hydrogen-bond acceptors (Lipinski definition) is 4. The molecule has 1 atom stereocenters. The van der Waals surface area contributed by atoms with E-state index in [0.717, 1.165) is 26.1 Å². The van der Waals surface area contributed by atoms with Gasteiger partial charge < -0.3 is 21.0 Å². The first kappa shape index (κ1) is 14.8. The van der Waals surface area contributed by atoms with Crippen LogP contribution in [0.5, 0.6) is 0 Å². The molecule has 0 spiro atoms. The molecule has 4 N–H and O–H groups in total. The lowest BCUT2D eigenvalue weighted by Crippen LogP contribution is -2.48. The minimum Gasteiger partial charge on any atom is -0.409 e. The lowest BCUT2D eigenvalue weighted by Gasteiger charge is -2.28. The van der Waals surface area contributed by atoms with Gasteiger partial charge in [-0.25, -0.2) is 0 Å². The first-order valence-electron chi connectivity index (χ1n) is 6.38. The molecule has 1 unspecified atom stereocenters. The van der Waals surface area contributed by atoms with E-state index >= 15 is 0 Å². The number of carbonyl (C=O) groups is 1. The SMILES string of the molecule is CCC(C)(C(=O)NCC1CCOCC1)C(N)=NO. The standard InChI is InChI=1S/C12H23N3O3/c1-3-12(2,10(13)15-17)11(16)14-8-9-4-6-18-7-5-9/h9,17H,3-8H2,1-2H3,(H2,13,15)(H,14,16). The van der Waals surface area contributed by atoms with Crippen molar-refractivity contribution in [2.45, 2.75) is 33.1 Å². The van der Waals surface area contributed by atoms with Crippen molar-refractivity contribution < 1.29 is 14.7 Å². The summed E-state index contributed by atoms with van der Waals surface area (Å²) in [6, 6.07) is 0. The summed E-state index contributed by atoms with van der Waals surface area (Å²) in [6.45, 7) is 5.65. The predicted molar refractivity (Wildman–Crippen MR) is 68.4 cm³/mol. The number of amidine groups is 1. The second-order valence-electron chi connectivity index (χ2n) is 4.94. The lowest BCUT2D eigenvalue weighted by molar-refractivity contribution is -0.127. The Hall–Kier alpha value is -1.30. The summed E-state index contributed by atoms with van der Waals surface area (Å²) >= 11 is 0. The number of nitrogens with two attached hydrogens (primary N) is 1. The summed E-state index contributed by atoms with van der Waals surface area (Å²) in [5.74, 6) is 0.220. The third-order valence-electron chi connectivity index (χ3n) is 3.77. The molecular formula is C12H23N3O3. The smallest absolute Gasteiger partial charge is 0.233 e. The van der Waals surface area contributed by atoms with Gasteiger partial charge in [-0.15, -0.1) is 0 Å². The first-order chi connectivity index (χ1) is 8.54. The van der Waals surface area contributed by atoms with Crippen LogP contribution in [0, 0.1) is 11.3 Å². The van der Waals surface area contributed by atoms with E-state index < -0.39 is 5.41 Å². The van der Waals surface area contributed by atoms with E-state index in [9.17, 15) is 4.79 Å². The van der Waals surface area contributed by atoms with Crippen LogP contribution in [0.4, 0.5) is 0 Å². The van der Waals surface area contributed by atoms with Crippen molar-refractivity contribution in [3.05, 3.63) is 0 Å². The van der Waals surface area contributed by atoms with E-state index in [1.54, 1.807) is 6.92 Å². The zero-order valence-corrected chi connectivity index (χ0v) is 11.1. The average Bonchev–Trinajstić information content (AvgIpc) is 2.43. The van der Waals surface area contributed by atoms with E-state index in [1.807, 2.05) is 6.92 Å². The van der Waals surface area contributed by atoms with Gasteiger partial charge in [0.05, 0.1) is 0 Å². The lowest BCUT2D eigenvalue weighted by atomic mass is 9.85. The molecule has 6 nitrogen and oxygen atoms in total. The van der Waals surface area contributed by atoms with Gasteiger partial charge in [-0.05, 0) is 32.1 Å². The average molecular weight is 257 g/mol. The molecule has 1 rings (SSSR count). The molecule has 0 aromatic rings. The van der Waals surface area contributed by atoms with Gasteiger partial charge in [-0.1, -0.05) is 12.1 Å². The Kier molecular flexibility index (Phi) is 5.40. The molecule has 0 aromatic carbocycles. The monoisotopic (exact) mass is 257 g/mol. The Balaban J connectivity index is 2.52. The van der Waals surface area contributed by atoms with E-state index in [-0.39, 0.29) is 11.7 Å². The summed E-state index contributed by atoms with van der Waals surface area (Å²) in [4.78, 5) is 12.1. The second kappa shape index (κ2) is 6.58. The quantitative estimate of drug-likeness (QED) is 0.292. The summed E-state index contributed by atoms with van der Waals surface area (Å²) in [5.41, 5.74) is 4.65. The van der Waals surface area contributed by atoms with Crippen LogP contribution in [0.15, 0.2) is 5.16 Å². The summed E-state index contributed by atoms with van der Waals surface area (Å²) in [5, 5.41) is 14.6. The number of amides is 1. The fraction of sp³-hybridized carbons (Fsp3) is 0.833. The normalized spacial score (nSPS) is 21.3. The summed E-state index contributed by atoms with van der Waals surface area (Å²) in [6.07, 6.45) is 2.42. The fourth-order valence-electron chi connectivity index (χ4n) is 1.95. The molecule has 1 aliphatic rings. The van der Waals surface area contributed by atoms with Gasteiger partial charge in [0, 0.05) is 19.8 Å².